The van der Waals surface area contributed by atoms with Crippen molar-refractivity contribution in [1.29, 1.82) is 0 Å². The molecule has 0 aliphatic carbocycles. The average molecular weight is 359 g/mol. The monoisotopic (exact) mass is 358 g/mol. The van der Waals surface area contributed by atoms with Crippen molar-refractivity contribution in [1.82, 2.24) is 9.97 Å². The van der Waals surface area contributed by atoms with Crippen LogP contribution in [0, 0.1) is 6.92 Å². The van der Waals surface area contributed by atoms with Crippen LogP contribution in [0.4, 0.5) is 17.5 Å². The van der Waals surface area contributed by atoms with Crippen LogP contribution in [0.15, 0.2) is 48.5 Å². The van der Waals surface area contributed by atoms with E-state index in [2.05, 4.69) is 15.3 Å². The minimum atomic E-state index is 0.199. The minimum Gasteiger partial charge on any atom is -0.368 e. The number of aryl methyl sites for hydroxylation is 1. The fraction of sp³-hybridized carbons (Fsp3) is 0.111. The molecule has 0 saturated carbocycles. The minimum absolute atomic E-state index is 0.199. The zero-order valence-corrected chi connectivity index (χ0v) is 14.6. The van der Waals surface area contributed by atoms with Gasteiger partial charge in [-0.15, -0.1) is 0 Å². The molecule has 1 heterocycles. The third kappa shape index (κ3) is 3.96. The van der Waals surface area contributed by atoms with Crippen molar-refractivity contribution in [2.75, 3.05) is 11.1 Å². The summed E-state index contributed by atoms with van der Waals surface area (Å²) in [5, 5.41) is 4.44. The number of nitrogens with two attached hydrogens (primary N) is 1. The molecular weight excluding hydrogens is 343 g/mol. The smallest absolute Gasteiger partial charge is 0.222 e. The molecule has 122 valence electrons. The van der Waals surface area contributed by atoms with E-state index >= 15 is 0 Å². The molecule has 4 nitrogen and oxygen atoms in total. The van der Waals surface area contributed by atoms with E-state index in [0.717, 1.165) is 16.9 Å². The summed E-state index contributed by atoms with van der Waals surface area (Å²) < 4.78 is 0. The fourth-order valence-corrected chi connectivity index (χ4v) is 2.87. The number of aromatic nitrogens is 2. The molecule has 6 heteroatoms. The number of halogens is 2. The van der Waals surface area contributed by atoms with Crippen molar-refractivity contribution < 1.29 is 0 Å². The fourth-order valence-electron chi connectivity index (χ4n) is 2.34. The maximum absolute atomic E-state index is 6.23. The van der Waals surface area contributed by atoms with Gasteiger partial charge in [0.25, 0.3) is 0 Å². The summed E-state index contributed by atoms with van der Waals surface area (Å²) in [5.41, 5.74) is 9.52. The van der Waals surface area contributed by atoms with Gasteiger partial charge < -0.3 is 11.1 Å². The standard InChI is InChI=1S/C18H16Cl2N4/c1-11-5-7-12(8-6-11)22-17-10-13(23-18(21)24-17)9-14-15(19)3-2-4-16(14)20/h2-8,10H,9H2,1H3,(H3,21,22,23,24). The van der Waals surface area contributed by atoms with Gasteiger partial charge in [0.05, 0.1) is 5.69 Å². The van der Waals surface area contributed by atoms with E-state index in [1.165, 1.54) is 5.56 Å². The number of anilines is 3. The molecule has 2 aromatic carbocycles. The second-order valence-corrected chi connectivity index (χ2v) is 6.29. The molecule has 0 saturated heterocycles. The Morgan fingerprint density at radius 1 is 1.00 bits per heavy atom. The Morgan fingerprint density at radius 3 is 2.33 bits per heavy atom. The van der Waals surface area contributed by atoms with E-state index in [0.29, 0.717) is 22.3 Å². The Kier molecular flexibility index (Phi) is 4.88. The molecule has 0 bridgehead atoms. The zero-order valence-electron chi connectivity index (χ0n) is 13.1. The summed E-state index contributed by atoms with van der Waals surface area (Å²) in [6.45, 7) is 2.04. The van der Waals surface area contributed by atoms with Crippen LogP contribution < -0.4 is 11.1 Å². The summed E-state index contributed by atoms with van der Waals surface area (Å²) in [6.07, 6.45) is 0.480. The van der Waals surface area contributed by atoms with Gasteiger partial charge in [-0.1, -0.05) is 47.0 Å². The highest BCUT2D eigenvalue weighted by Gasteiger charge is 2.10. The SMILES string of the molecule is Cc1ccc(Nc2cc(Cc3c(Cl)cccc3Cl)nc(N)n2)cc1. The van der Waals surface area contributed by atoms with E-state index in [1.54, 1.807) is 12.1 Å². The van der Waals surface area contributed by atoms with Crippen LogP contribution in [0.3, 0.4) is 0 Å². The first-order chi connectivity index (χ1) is 11.5. The summed E-state index contributed by atoms with van der Waals surface area (Å²) in [5.74, 6) is 0.829. The van der Waals surface area contributed by atoms with Crippen molar-refractivity contribution in [3.63, 3.8) is 0 Å². The maximum atomic E-state index is 6.23. The number of nitrogens with zero attached hydrogens (tertiary/aromatic N) is 2. The Hall–Kier alpha value is -2.30. The quantitative estimate of drug-likeness (QED) is 0.687. The first-order valence-corrected chi connectivity index (χ1v) is 8.17. The Bertz CT molecular complexity index is 843. The number of nitrogen functional groups attached to an aromatic ring is 1. The van der Waals surface area contributed by atoms with Crippen molar-refractivity contribution in [2.24, 2.45) is 0 Å². The van der Waals surface area contributed by atoms with Gasteiger partial charge in [0.15, 0.2) is 0 Å². The highest BCUT2D eigenvalue weighted by Crippen LogP contribution is 2.27. The second kappa shape index (κ2) is 7.07. The summed E-state index contributed by atoms with van der Waals surface area (Å²) in [4.78, 5) is 8.50. The molecule has 24 heavy (non-hydrogen) atoms. The van der Waals surface area contributed by atoms with Crippen LogP contribution in [0.1, 0.15) is 16.8 Å². The molecule has 3 aromatic rings. The maximum Gasteiger partial charge on any atom is 0.222 e. The topological polar surface area (TPSA) is 63.8 Å². The Labute approximate surface area is 150 Å². The largest absolute Gasteiger partial charge is 0.368 e. The first-order valence-electron chi connectivity index (χ1n) is 7.41. The van der Waals surface area contributed by atoms with E-state index in [1.807, 2.05) is 43.3 Å². The molecule has 0 atom stereocenters. The van der Waals surface area contributed by atoms with Crippen LogP contribution >= 0.6 is 23.2 Å². The lowest BCUT2D eigenvalue weighted by molar-refractivity contribution is 1.04. The van der Waals surface area contributed by atoms with Gasteiger partial charge in [-0.2, -0.15) is 4.98 Å². The van der Waals surface area contributed by atoms with Gasteiger partial charge in [0.2, 0.25) is 5.95 Å². The highest BCUT2D eigenvalue weighted by atomic mass is 35.5. The van der Waals surface area contributed by atoms with E-state index in [9.17, 15) is 0 Å². The number of hydrogen-bond acceptors (Lipinski definition) is 4. The van der Waals surface area contributed by atoms with Crippen LogP contribution in [0.25, 0.3) is 0 Å². The molecule has 1 aromatic heterocycles. The van der Waals surface area contributed by atoms with Crippen LogP contribution in [-0.4, -0.2) is 9.97 Å². The van der Waals surface area contributed by atoms with Crippen LogP contribution in [0.2, 0.25) is 10.0 Å². The molecular formula is C18H16Cl2N4. The number of benzene rings is 2. The van der Waals surface area contributed by atoms with Gasteiger partial charge in [-0.3, -0.25) is 0 Å². The molecule has 0 aliphatic rings. The summed E-state index contributed by atoms with van der Waals surface area (Å²) in [7, 11) is 0. The van der Waals surface area contributed by atoms with E-state index in [4.69, 9.17) is 28.9 Å². The van der Waals surface area contributed by atoms with Gasteiger partial charge in [0, 0.05) is 28.2 Å². The first kappa shape index (κ1) is 16.6. The van der Waals surface area contributed by atoms with Gasteiger partial charge >= 0.3 is 0 Å². The molecule has 0 aliphatic heterocycles. The number of rotatable bonds is 4. The van der Waals surface area contributed by atoms with Crippen LogP contribution in [0.5, 0.6) is 0 Å². The molecule has 0 spiro atoms. The normalized spacial score (nSPS) is 10.6. The third-order valence-corrected chi connectivity index (χ3v) is 4.25. The lowest BCUT2D eigenvalue weighted by Gasteiger charge is -2.10. The zero-order chi connectivity index (χ0) is 17.1. The molecule has 3 rings (SSSR count). The summed E-state index contributed by atoms with van der Waals surface area (Å²) in [6, 6.07) is 15.3. The Balaban J connectivity index is 1.87. The van der Waals surface area contributed by atoms with Crippen molar-refractivity contribution in [3.05, 3.63) is 75.4 Å². The van der Waals surface area contributed by atoms with E-state index < -0.39 is 0 Å². The molecule has 0 fully saturated rings. The van der Waals surface area contributed by atoms with Gasteiger partial charge in [0.1, 0.15) is 5.82 Å². The predicted molar refractivity (Wildman–Crippen MR) is 100 cm³/mol. The van der Waals surface area contributed by atoms with Crippen molar-refractivity contribution in [2.45, 2.75) is 13.3 Å². The van der Waals surface area contributed by atoms with Crippen molar-refractivity contribution >= 4 is 40.7 Å². The Morgan fingerprint density at radius 2 is 1.67 bits per heavy atom. The second-order valence-electron chi connectivity index (χ2n) is 5.47. The number of nitrogens with one attached hydrogen (secondary N) is 1. The van der Waals surface area contributed by atoms with Crippen LogP contribution in [-0.2, 0) is 6.42 Å². The predicted octanol–water partition coefficient (Wildman–Crippen LogP) is 5.01. The lowest BCUT2D eigenvalue weighted by Crippen LogP contribution is -2.04. The summed E-state index contributed by atoms with van der Waals surface area (Å²) >= 11 is 12.5. The highest BCUT2D eigenvalue weighted by molar-refractivity contribution is 6.36. The average Bonchev–Trinajstić information content (AvgIpc) is 2.53. The van der Waals surface area contributed by atoms with Crippen molar-refractivity contribution in [3.8, 4) is 0 Å². The lowest BCUT2D eigenvalue weighted by atomic mass is 10.1. The molecule has 0 unspecified atom stereocenters. The molecule has 3 N–H and O–H groups in total. The van der Waals surface area contributed by atoms with E-state index in [-0.39, 0.29) is 5.95 Å². The van der Waals surface area contributed by atoms with Gasteiger partial charge in [-0.05, 0) is 36.8 Å². The molecule has 0 radical (unpaired) electrons. The number of hydrogen-bond donors (Lipinski definition) is 2. The van der Waals surface area contributed by atoms with Gasteiger partial charge in [-0.25, -0.2) is 4.98 Å². The molecule has 0 amide bonds. The third-order valence-electron chi connectivity index (χ3n) is 3.54.